The van der Waals surface area contributed by atoms with Crippen LogP contribution in [-0.2, 0) is 9.53 Å². The number of hydrogen-bond acceptors (Lipinski definition) is 6. The number of fused-ring (bicyclic) bond motifs is 1. The van der Waals surface area contributed by atoms with Crippen LogP contribution >= 0.6 is 11.6 Å². The van der Waals surface area contributed by atoms with Crippen molar-refractivity contribution in [2.24, 2.45) is 4.99 Å². The van der Waals surface area contributed by atoms with Crippen LogP contribution in [0.15, 0.2) is 65.0 Å². The SMILES string of the molecule is CO/C(C1=N[C@H](c2ccccn2)c2ccccc2NC1Cl)=C(/C)C(=O)[O-]. The zero-order valence-corrected chi connectivity index (χ0v) is 15.0. The van der Waals surface area contributed by atoms with E-state index in [0.29, 0.717) is 5.69 Å². The number of halogens is 1. The van der Waals surface area contributed by atoms with Gasteiger partial charge >= 0.3 is 0 Å². The molecule has 1 N–H and O–H groups in total. The third kappa shape index (κ3) is 3.41. The molecule has 0 aliphatic carbocycles. The van der Waals surface area contributed by atoms with Crippen molar-refractivity contribution in [2.45, 2.75) is 18.5 Å². The number of pyridine rings is 1. The maximum atomic E-state index is 11.3. The summed E-state index contributed by atoms with van der Waals surface area (Å²) >= 11 is 6.50. The number of aliphatic carboxylic acids is 1. The second-order valence-corrected chi connectivity index (χ2v) is 6.15. The van der Waals surface area contributed by atoms with Crippen LogP contribution in [0.4, 0.5) is 5.69 Å². The van der Waals surface area contributed by atoms with Gasteiger partial charge in [0, 0.05) is 23.0 Å². The number of nitrogens with one attached hydrogen (secondary N) is 1. The summed E-state index contributed by atoms with van der Waals surface area (Å²) in [4.78, 5) is 20.5. The smallest absolute Gasteiger partial charge is 0.148 e. The van der Waals surface area contributed by atoms with E-state index >= 15 is 0 Å². The predicted molar refractivity (Wildman–Crippen MR) is 97.9 cm³/mol. The Labute approximate surface area is 156 Å². The van der Waals surface area contributed by atoms with E-state index in [1.165, 1.54) is 14.0 Å². The molecular weight excluding hydrogens is 354 g/mol. The van der Waals surface area contributed by atoms with E-state index in [-0.39, 0.29) is 17.0 Å². The average molecular weight is 371 g/mol. The van der Waals surface area contributed by atoms with E-state index in [9.17, 15) is 9.90 Å². The number of alkyl halides is 1. The molecule has 1 aliphatic heterocycles. The fourth-order valence-electron chi connectivity index (χ4n) is 2.83. The molecule has 134 valence electrons. The van der Waals surface area contributed by atoms with Gasteiger partial charge < -0.3 is 20.0 Å². The lowest BCUT2D eigenvalue weighted by Gasteiger charge is -2.18. The molecule has 1 aliphatic rings. The fraction of sp³-hybridized carbons (Fsp3) is 0.211. The predicted octanol–water partition coefficient (Wildman–Crippen LogP) is 2.27. The highest BCUT2D eigenvalue weighted by molar-refractivity contribution is 6.36. The fourth-order valence-corrected chi connectivity index (χ4v) is 3.10. The molecule has 2 aromatic rings. The minimum absolute atomic E-state index is 0.0752. The van der Waals surface area contributed by atoms with E-state index in [4.69, 9.17) is 21.3 Å². The van der Waals surface area contributed by atoms with Crippen LogP contribution in [0, 0.1) is 0 Å². The number of methoxy groups -OCH3 is 1. The monoisotopic (exact) mass is 370 g/mol. The van der Waals surface area contributed by atoms with Gasteiger partial charge in [-0.2, -0.15) is 0 Å². The van der Waals surface area contributed by atoms with Crippen LogP contribution in [0.1, 0.15) is 24.2 Å². The Hall–Kier alpha value is -2.86. The number of ether oxygens (including phenoxy) is 1. The summed E-state index contributed by atoms with van der Waals surface area (Å²) in [6, 6.07) is 12.7. The number of carbonyl (C=O) groups excluding carboxylic acids is 1. The van der Waals surface area contributed by atoms with Crippen molar-refractivity contribution in [3.05, 3.63) is 71.3 Å². The van der Waals surface area contributed by atoms with Crippen molar-refractivity contribution in [1.29, 1.82) is 0 Å². The second-order valence-electron chi connectivity index (χ2n) is 5.71. The quantitative estimate of drug-likeness (QED) is 0.386. The van der Waals surface area contributed by atoms with Crippen molar-refractivity contribution in [1.82, 2.24) is 4.98 Å². The summed E-state index contributed by atoms with van der Waals surface area (Å²) in [7, 11) is 1.38. The molecule has 0 saturated heterocycles. The van der Waals surface area contributed by atoms with Gasteiger partial charge in [0.05, 0.1) is 18.8 Å². The molecule has 3 rings (SSSR count). The van der Waals surface area contributed by atoms with Crippen molar-refractivity contribution >= 4 is 29.0 Å². The molecule has 0 bridgehead atoms. The van der Waals surface area contributed by atoms with Gasteiger partial charge in [0.25, 0.3) is 0 Å². The van der Waals surface area contributed by atoms with Crippen LogP contribution in [-0.4, -0.2) is 29.3 Å². The summed E-state index contributed by atoms with van der Waals surface area (Å²) < 4.78 is 5.31. The first kappa shape index (κ1) is 17.9. The minimum Gasteiger partial charge on any atom is -0.545 e. The van der Waals surface area contributed by atoms with Crippen LogP contribution < -0.4 is 10.4 Å². The Morgan fingerprint density at radius 3 is 2.62 bits per heavy atom. The molecule has 1 unspecified atom stereocenters. The molecule has 2 heterocycles. The number of anilines is 1. The molecule has 0 amide bonds. The van der Waals surface area contributed by atoms with E-state index in [1.807, 2.05) is 42.5 Å². The average Bonchev–Trinajstić information content (AvgIpc) is 2.80. The maximum Gasteiger partial charge on any atom is 0.148 e. The number of nitrogens with zero attached hydrogens (tertiary/aromatic N) is 2. The first-order valence-corrected chi connectivity index (χ1v) is 8.41. The maximum absolute atomic E-state index is 11.3. The molecule has 0 fully saturated rings. The first-order valence-electron chi connectivity index (χ1n) is 7.97. The Kier molecular flexibility index (Phi) is 5.23. The zero-order chi connectivity index (χ0) is 18.7. The molecule has 7 heteroatoms. The standard InChI is InChI=1S/C19H18ClN3O3/c1-11(19(24)25)17(26-2)16-18(20)22-13-8-4-3-7-12(13)15(23-16)14-9-5-6-10-21-14/h3-10,15,18,22H,1-2H3,(H,24,25)/p-1/b17-11-/t15-,18?/m0/s1. The Morgan fingerprint density at radius 1 is 1.23 bits per heavy atom. The highest BCUT2D eigenvalue weighted by atomic mass is 35.5. The van der Waals surface area contributed by atoms with Crippen LogP contribution in [0.5, 0.6) is 0 Å². The largest absolute Gasteiger partial charge is 0.545 e. The number of para-hydroxylation sites is 1. The number of benzene rings is 1. The molecule has 2 atom stereocenters. The number of hydrogen-bond donors (Lipinski definition) is 1. The van der Waals surface area contributed by atoms with Crippen molar-refractivity contribution in [2.75, 3.05) is 12.4 Å². The van der Waals surface area contributed by atoms with E-state index in [0.717, 1.165) is 11.3 Å². The summed E-state index contributed by atoms with van der Waals surface area (Å²) in [6.07, 6.45) is 1.68. The lowest BCUT2D eigenvalue weighted by molar-refractivity contribution is -0.299. The highest BCUT2D eigenvalue weighted by Crippen LogP contribution is 2.35. The number of aromatic nitrogens is 1. The van der Waals surface area contributed by atoms with Crippen LogP contribution in [0.25, 0.3) is 0 Å². The Morgan fingerprint density at radius 2 is 1.96 bits per heavy atom. The minimum atomic E-state index is -1.34. The molecule has 1 aromatic heterocycles. The highest BCUT2D eigenvalue weighted by Gasteiger charge is 2.29. The normalized spacial score (nSPS) is 20.0. The van der Waals surface area contributed by atoms with E-state index in [1.54, 1.807) is 6.20 Å². The number of rotatable bonds is 4. The molecule has 6 nitrogen and oxygen atoms in total. The Balaban J connectivity index is 2.22. The molecular formula is C19H17ClN3O3-. The number of carbonyl (C=O) groups is 1. The van der Waals surface area contributed by atoms with Crippen LogP contribution in [0.3, 0.4) is 0 Å². The van der Waals surface area contributed by atoms with Gasteiger partial charge in [0.15, 0.2) is 0 Å². The van der Waals surface area contributed by atoms with E-state index < -0.39 is 17.5 Å². The van der Waals surface area contributed by atoms with Crippen molar-refractivity contribution in [3.8, 4) is 0 Å². The summed E-state index contributed by atoms with van der Waals surface area (Å²) in [5, 5.41) is 14.5. The van der Waals surface area contributed by atoms with Gasteiger partial charge in [-0.3, -0.25) is 9.98 Å². The van der Waals surface area contributed by atoms with Gasteiger partial charge in [-0.25, -0.2) is 0 Å². The molecule has 0 spiro atoms. The van der Waals surface area contributed by atoms with Gasteiger partial charge in [-0.15, -0.1) is 0 Å². The van der Waals surface area contributed by atoms with E-state index in [2.05, 4.69) is 10.3 Å². The third-order valence-corrected chi connectivity index (χ3v) is 4.41. The van der Waals surface area contributed by atoms with Gasteiger partial charge in [0.1, 0.15) is 23.0 Å². The van der Waals surface area contributed by atoms with Gasteiger partial charge in [-0.05, 0) is 25.1 Å². The van der Waals surface area contributed by atoms with Crippen LogP contribution in [0.2, 0.25) is 0 Å². The molecule has 0 saturated carbocycles. The molecule has 1 aromatic carbocycles. The third-order valence-electron chi connectivity index (χ3n) is 4.10. The summed E-state index contributed by atoms with van der Waals surface area (Å²) in [5.74, 6) is -1.27. The molecule has 26 heavy (non-hydrogen) atoms. The topological polar surface area (TPSA) is 86.6 Å². The lowest BCUT2D eigenvalue weighted by atomic mass is 10.0. The first-order chi connectivity index (χ1) is 12.5. The van der Waals surface area contributed by atoms with Crippen molar-refractivity contribution < 1.29 is 14.6 Å². The number of carboxylic acid groups (broad SMARTS) is 1. The summed E-state index contributed by atoms with van der Waals surface area (Å²) in [5.41, 5.74) is 1.81. The lowest BCUT2D eigenvalue weighted by Crippen LogP contribution is -2.30. The second kappa shape index (κ2) is 7.58. The van der Waals surface area contributed by atoms with Gasteiger partial charge in [-0.1, -0.05) is 35.9 Å². The number of carboxylic acids is 1. The molecule has 0 radical (unpaired) electrons. The summed E-state index contributed by atoms with van der Waals surface area (Å²) in [6.45, 7) is 1.40. The Bertz CT molecular complexity index is 881. The number of aliphatic imine (C=N–C) groups is 1. The van der Waals surface area contributed by atoms with Crippen molar-refractivity contribution in [3.63, 3.8) is 0 Å². The van der Waals surface area contributed by atoms with Gasteiger partial charge in [0.2, 0.25) is 0 Å². The zero-order valence-electron chi connectivity index (χ0n) is 14.3.